The molecular weight excluding hydrogens is 232 g/mol. The minimum Gasteiger partial charge on any atom is -0.465 e. The summed E-state index contributed by atoms with van der Waals surface area (Å²) in [7, 11) is 4.41. The summed E-state index contributed by atoms with van der Waals surface area (Å²) in [6.45, 7) is 0. The second-order valence-electron chi connectivity index (χ2n) is 4.32. The average Bonchev–Trinajstić information content (AvgIpc) is 2.20. The number of carbonyl (C=O) groups is 2. The van der Waals surface area contributed by atoms with Crippen LogP contribution < -0.4 is 0 Å². The maximum atomic E-state index is 12.7. The van der Waals surface area contributed by atoms with E-state index in [2.05, 4.69) is 4.74 Å². The lowest BCUT2D eigenvalue weighted by Crippen LogP contribution is -2.41. The summed E-state index contributed by atoms with van der Waals surface area (Å²) in [4.78, 5) is 24.7. The monoisotopic (exact) mass is 247 g/mol. The van der Waals surface area contributed by atoms with Gasteiger partial charge >= 0.3 is 5.97 Å². The van der Waals surface area contributed by atoms with Gasteiger partial charge in [-0.1, -0.05) is 0 Å². The van der Waals surface area contributed by atoms with Crippen LogP contribution >= 0.6 is 0 Å². The molecule has 0 saturated heterocycles. The zero-order chi connectivity index (χ0) is 13.2. The molecule has 0 spiro atoms. The predicted octanol–water partition coefficient (Wildman–Crippen LogP) is 1.22. The number of rotatable bonds is 4. The Morgan fingerprint density at radius 2 is 1.88 bits per heavy atom. The molecule has 1 aliphatic carbocycles. The molecule has 0 aliphatic heterocycles. The first-order chi connectivity index (χ1) is 7.76. The molecule has 0 aromatic carbocycles. The van der Waals surface area contributed by atoms with Crippen LogP contribution in [0.4, 0.5) is 8.78 Å². The van der Waals surface area contributed by atoms with Crippen molar-refractivity contribution in [1.82, 2.24) is 4.90 Å². The Balaban J connectivity index is 2.79. The number of carbonyl (C=O) groups excluding carboxylic acids is 2. The summed E-state index contributed by atoms with van der Waals surface area (Å²) in [5, 5.41) is 0. The fraction of sp³-hybridized carbons (Fsp3) is 0.636. The Bertz CT molecular complexity index is 356. The number of methoxy groups -OCH3 is 1. The first-order valence-electron chi connectivity index (χ1n) is 5.15. The van der Waals surface area contributed by atoms with E-state index in [1.165, 1.54) is 11.1 Å². The molecule has 0 atom stereocenters. The van der Waals surface area contributed by atoms with Crippen LogP contribution in [0.5, 0.6) is 0 Å². The second kappa shape index (κ2) is 4.81. The largest absolute Gasteiger partial charge is 0.465 e. The van der Waals surface area contributed by atoms with E-state index in [-0.39, 0.29) is 5.57 Å². The van der Waals surface area contributed by atoms with E-state index in [0.29, 0.717) is 0 Å². The fourth-order valence-electron chi connectivity index (χ4n) is 1.65. The summed E-state index contributed by atoms with van der Waals surface area (Å²) in [5.74, 6) is -4.93. The molecule has 1 saturated carbocycles. The smallest absolute Gasteiger partial charge is 0.342 e. The van der Waals surface area contributed by atoms with Gasteiger partial charge in [0.25, 0.3) is 0 Å². The highest BCUT2D eigenvalue weighted by atomic mass is 19.3. The third-order valence-corrected chi connectivity index (χ3v) is 2.52. The Hall–Kier alpha value is -1.46. The minimum absolute atomic E-state index is 0.182. The van der Waals surface area contributed by atoms with Crippen LogP contribution in [0.25, 0.3) is 0 Å². The van der Waals surface area contributed by atoms with Crippen molar-refractivity contribution in [2.75, 3.05) is 21.2 Å². The van der Waals surface area contributed by atoms with Gasteiger partial charge < -0.3 is 9.64 Å². The average molecular weight is 247 g/mol. The van der Waals surface area contributed by atoms with E-state index in [1.807, 2.05) is 0 Å². The van der Waals surface area contributed by atoms with Crippen LogP contribution in [0, 0.1) is 5.92 Å². The highest BCUT2D eigenvalue weighted by Crippen LogP contribution is 2.43. The summed E-state index contributed by atoms with van der Waals surface area (Å²) < 4.78 is 29.8. The number of hydrogen-bond donors (Lipinski definition) is 0. The lowest BCUT2D eigenvalue weighted by atomic mass is 9.76. The van der Waals surface area contributed by atoms with Gasteiger partial charge in [-0.15, -0.1) is 0 Å². The molecule has 1 fully saturated rings. The number of Topliss-reactive ketones (excluding diaryl/α,β-unsaturated/α-hetero) is 1. The second-order valence-corrected chi connectivity index (χ2v) is 4.32. The number of ether oxygens (including phenoxy) is 1. The van der Waals surface area contributed by atoms with Gasteiger partial charge in [0.2, 0.25) is 5.92 Å². The van der Waals surface area contributed by atoms with Crippen molar-refractivity contribution >= 4 is 11.8 Å². The Morgan fingerprint density at radius 3 is 2.24 bits per heavy atom. The number of esters is 1. The number of alkyl halides is 2. The fourth-order valence-corrected chi connectivity index (χ4v) is 1.65. The normalized spacial score (nSPS) is 19.5. The third kappa shape index (κ3) is 3.25. The summed E-state index contributed by atoms with van der Waals surface area (Å²) in [5.41, 5.74) is -0.182. The molecular formula is C11H15F2NO3. The lowest BCUT2D eigenvalue weighted by Gasteiger charge is -2.33. The number of halogens is 2. The van der Waals surface area contributed by atoms with Gasteiger partial charge in [-0.3, -0.25) is 4.79 Å². The first-order valence-corrected chi connectivity index (χ1v) is 5.15. The van der Waals surface area contributed by atoms with Gasteiger partial charge in [-0.05, 0) is 0 Å². The van der Waals surface area contributed by atoms with Crippen LogP contribution in [-0.2, 0) is 14.3 Å². The SMILES string of the molecule is COC(=O)C(=CN(C)C)C(=O)C1CC(F)(F)C1. The van der Waals surface area contributed by atoms with Crippen molar-refractivity contribution in [3.63, 3.8) is 0 Å². The molecule has 96 valence electrons. The quantitative estimate of drug-likeness (QED) is 0.324. The van der Waals surface area contributed by atoms with Crippen molar-refractivity contribution in [3.05, 3.63) is 11.8 Å². The predicted molar refractivity (Wildman–Crippen MR) is 56.5 cm³/mol. The van der Waals surface area contributed by atoms with Gasteiger partial charge in [0.1, 0.15) is 5.57 Å². The van der Waals surface area contributed by atoms with E-state index in [9.17, 15) is 18.4 Å². The van der Waals surface area contributed by atoms with E-state index in [0.717, 1.165) is 7.11 Å². The molecule has 17 heavy (non-hydrogen) atoms. The van der Waals surface area contributed by atoms with Crippen LogP contribution in [-0.4, -0.2) is 43.8 Å². The summed E-state index contributed by atoms with van der Waals surface area (Å²) in [6.07, 6.45) is 0.311. The molecule has 0 N–H and O–H groups in total. The van der Waals surface area contributed by atoms with E-state index in [4.69, 9.17) is 0 Å². The number of nitrogens with zero attached hydrogens (tertiary/aromatic N) is 1. The van der Waals surface area contributed by atoms with Gasteiger partial charge in [0.15, 0.2) is 5.78 Å². The van der Waals surface area contributed by atoms with Crippen LogP contribution in [0.3, 0.4) is 0 Å². The zero-order valence-electron chi connectivity index (χ0n) is 10.00. The lowest BCUT2D eigenvalue weighted by molar-refractivity contribution is -0.149. The highest BCUT2D eigenvalue weighted by Gasteiger charge is 2.49. The van der Waals surface area contributed by atoms with Gasteiger partial charge in [-0.25, -0.2) is 13.6 Å². The van der Waals surface area contributed by atoms with Crippen LogP contribution in [0.2, 0.25) is 0 Å². The maximum Gasteiger partial charge on any atom is 0.342 e. The number of ketones is 1. The molecule has 1 aliphatic rings. The van der Waals surface area contributed by atoms with Crippen molar-refractivity contribution in [1.29, 1.82) is 0 Å². The molecule has 0 heterocycles. The molecule has 0 unspecified atom stereocenters. The molecule has 0 aromatic rings. The first kappa shape index (κ1) is 13.6. The summed E-state index contributed by atoms with van der Waals surface area (Å²) >= 11 is 0. The zero-order valence-corrected chi connectivity index (χ0v) is 10.00. The van der Waals surface area contributed by atoms with Crippen molar-refractivity contribution in [2.24, 2.45) is 5.92 Å². The van der Waals surface area contributed by atoms with E-state index in [1.54, 1.807) is 14.1 Å². The van der Waals surface area contributed by atoms with E-state index < -0.39 is 36.4 Å². The minimum atomic E-state index is -2.78. The standard InChI is InChI=1S/C11H15F2NO3/c1-14(2)6-8(10(16)17-3)9(15)7-4-11(12,13)5-7/h6-7H,4-5H2,1-3H3. The Labute approximate surface area is 98.2 Å². The van der Waals surface area contributed by atoms with Crippen LogP contribution in [0.1, 0.15) is 12.8 Å². The van der Waals surface area contributed by atoms with Crippen molar-refractivity contribution in [2.45, 2.75) is 18.8 Å². The maximum absolute atomic E-state index is 12.7. The Kier molecular flexibility index (Phi) is 3.85. The van der Waals surface area contributed by atoms with E-state index >= 15 is 0 Å². The molecule has 0 aromatic heterocycles. The van der Waals surface area contributed by atoms with Crippen molar-refractivity contribution in [3.8, 4) is 0 Å². The summed E-state index contributed by atoms with van der Waals surface area (Å²) in [6, 6.07) is 0. The molecule has 1 rings (SSSR count). The molecule has 6 heteroatoms. The van der Waals surface area contributed by atoms with Gasteiger partial charge in [0, 0.05) is 39.1 Å². The highest BCUT2D eigenvalue weighted by molar-refractivity contribution is 6.18. The van der Waals surface area contributed by atoms with Gasteiger partial charge in [0.05, 0.1) is 7.11 Å². The number of hydrogen-bond acceptors (Lipinski definition) is 4. The molecule has 0 bridgehead atoms. The third-order valence-electron chi connectivity index (χ3n) is 2.52. The Morgan fingerprint density at radius 1 is 1.35 bits per heavy atom. The van der Waals surface area contributed by atoms with Crippen LogP contribution in [0.15, 0.2) is 11.8 Å². The van der Waals surface area contributed by atoms with Crippen molar-refractivity contribution < 1.29 is 23.1 Å². The molecule has 0 amide bonds. The van der Waals surface area contributed by atoms with Gasteiger partial charge in [-0.2, -0.15) is 0 Å². The molecule has 0 radical (unpaired) electrons. The molecule has 4 nitrogen and oxygen atoms in total. The topological polar surface area (TPSA) is 46.6 Å².